The Bertz CT molecular complexity index is 458. The number of alkyl halides is 2. The third kappa shape index (κ3) is 2.88. The fourth-order valence-corrected chi connectivity index (χ4v) is 2.99. The van der Waals surface area contributed by atoms with Crippen LogP contribution in [0.5, 0.6) is 5.75 Å². The predicted octanol–water partition coefficient (Wildman–Crippen LogP) is 2.90. The van der Waals surface area contributed by atoms with Crippen molar-refractivity contribution in [1.29, 1.82) is 0 Å². The van der Waals surface area contributed by atoms with Crippen LogP contribution in [-0.2, 0) is 6.42 Å². The average molecular weight is 377 g/mol. The first-order valence-electron chi connectivity index (χ1n) is 5.78. The van der Waals surface area contributed by atoms with Crippen LogP contribution >= 0.6 is 31.9 Å². The lowest BCUT2D eigenvalue weighted by Crippen LogP contribution is -2.48. The smallest absolute Gasteiger partial charge is 0.251 e. The van der Waals surface area contributed by atoms with Gasteiger partial charge in [-0.3, -0.25) is 4.79 Å². The fraction of sp³-hybridized carbons (Fsp3) is 0.462. The third-order valence-electron chi connectivity index (χ3n) is 2.96. The number of halogens is 2. The van der Waals surface area contributed by atoms with Gasteiger partial charge in [-0.1, -0.05) is 31.9 Å². The first-order valence-corrected chi connectivity index (χ1v) is 8.02. The normalized spacial score (nSPS) is 13.9. The zero-order valence-electron chi connectivity index (χ0n) is 10.1. The molecule has 1 aromatic rings. The molecule has 1 aromatic carbocycles. The molecule has 5 heteroatoms. The van der Waals surface area contributed by atoms with E-state index in [2.05, 4.69) is 37.2 Å². The van der Waals surface area contributed by atoms with Gasteiger partial charge in [0.05, 0.1) is 12.1 Å². The van der Waals surface area contributed by atoms with E-state index in [0.717, 1.165) is 17.7 Å². The maximum Gasteiger partial charge on any atom is 0.251 e. The summed E-state index contributed by atoms with van der Waals surface area (Å²) in [4.78, 5) is 12.2. The van der Waals surface area contributed by atoms with E-state index in [1.54, 1.807) is 0 Å². The van der Waals surface area contributed by atoms with Crippen LogP contribution in [0.3, 0.4) is 0 Å². The lowest BCUT2D eigenvalue weighted by atomic mass is 10.1. The maximum atomic E-state index is 12.2. The number of benzene rings is 1. The van der Waals surface area contributed by atoms with Gasteiger partial charge in [-0.05, 0) is 30.7 Å². The highest BCUT2D eigenvalue weighted by atomic mass is 79.9. The second-order valence-corrected chi connectivity index (χ2v) is 5.82. The van der Waals surface area contributed by atoms with E-state index in [0.29, 0.717) is 22.8 Å². The van der Waals surface area contributed by atoms with Crippen molar-refractivity contribution in [2.75, 3.05) is 17.3 Å². The van der Waals surface area contributed by atoms with Crippen molar-refractivity contribution in [1.82, 2.24) is 5.32 Å². The molecule has 0 aromatic heterocycles. The molecule has 18 heavy (non-hydrogen) atoms. The molecule has 3 nitrogen and oxygen atoms in total. The standard InChI is InChI=1S/C13H15Br2NO2/c1-13(7-14,8-15)16-12(17)10-2-3-11-9(6-10)4-5-18-11/h2-3,6H,4-5,7-8H2,1H3,(H,16,17). The van der Waals surface area contributed by atoms with Gasteiger partial charge < -0.3 is 10.1 Å². The molecule has 0 radical (unpaired) electrons. The number of fused-ring (bicyclic) bond motifs is 1. The highest BCUT2D eigenvalue weighted by Crippen LogP contribution is 2.26. The Morgan fingerprint density at radius 2 is 2.17 bits per heavy atom. The minimum absolute atomic E-state index is 0.0499. The van der Waals surface area contributed by atoms with Gasteiger partial charge in [-0.15, -0.1) is 0 Å². The van der Waals surface area contributed by atoms with Crippen molar-refractivity contribution >= 4 is 37.8 Å². The lowest BCUT2D eigenvalue weighted by molar-refractivity contribution is 0.0923. The first-order chi connectivity index (χ1) is 8.58. The van der Waals surface area contributed by atoms with Crippen molar-refractivity contribution in [3.63, 3.8) is 0 Å². The molecule has 0 aliphatic carbocycles. The number of amides is 1. The molecule has 0 spiro atoms. The quantitative estimate of drug-likeness (QED) is 0.820. The van der Waals surface area contributed by atoms with E-state index in [9.17, 15) is 4.79 Å². The number of carbonyl (C=O) groups excluding carboxylic acids is 1. The van der Waals surface area contributed by atoms with Gasteiger partial charge in [0.2, 0.25) is 0 Å². The second kappa shape index (κ2) is 5.61. The van der Waals surface area contributed by atoms with Crippen molar-refractivity contribution in [2.24, 2.45) is 0 Å². The molecule has 98 valence electrons. The summed E-state index contributed by atoms with van der Waals surface area (Å²) in [6, 6.07) is 5.60. The van der Waals surface area contributed by atoms with Gasteiger partial charge in [-0.2, -0.15) is 0 Å². The van der Waals surface area contributed by atoms with Gasteiger partial charge >= 0.3 is 0 Å². The van der Waals surface area contributed by atoms with Gasteiger partial charge in [0.25, 0.3) is 5.91 Å². The largest absolute Gasteiger partial charge is 0.493 e. The van der Waals surface area contributed by atoms with E-state index in [1.165, 1.54) is 0 Å². The number of ether oxygens (including phenoxy) is 1. The minimum atomic E-state index is -0.285. The molecule has 1 aliphatic heterocycles. The molecule has 0 bridgehead atoms. The van der Waals surface area contributed by atoms with Crippen LogP contribution in [-0.4, -0.2) is 28.7 Å². The van der Waals surface area contributed by atoms with E-state index < -0.39 is 0 Å². The highest BCUT2D eigenvalue weighted by molar-refractivity contribution is 9.09. The summed E-state index contributed by atoms with van der Waals surface area (Å²) in [5, 5.41) is 4.43. The molecule has 1 amide bonds. The van der Waals surface area contributed by atoms with E-state index in [1.807, 2.05) is 25.1 Å². The van der Waals surface area contributed by atoms with Gasteiger partial charge in [0.15, 0.2) is 0 Å². The topological polar surface area (TPSA) is 38.3 Å². The van der Waals surface area contributed by atoms with Crippen LogP contribution in [0.15, 0.2) is 18.2 Å². The van der Waals surface area contributed by atoms with Crippen LogP contribution in [0.1, 0.15) is 22.8 Å². The molecule has 2 rings (SSSR count). The van der Waals surface area contributed by atoms with Gasteiger partial charge in [0, 0.05) is 22.6 Å². The molecule has 1 N–H and O–H groups in total. The van der Waals surface area contributed by atoms with Crippen molar-refractivity contribution in [3.05, 3.63) is 29.3 Å². The number of hydrogen-bond donors (Lipinski definition) is 1. The Balaban J connectivity index is 2.14. The number of rotatable bonds is 4. The summed E-state index contributed by atoms with van der Waals surface area (Å²) in [5.41, 5.74) is 1.52. The second-order valence-electron chi connectivity index (χ2n) is 4.70. The van der Waals surface area contributed by atoms with E-state index in [-0.39, 0.29) is 11.4 Å². The summed E-state index contributed by atoms with van der Waals surface area (Å²) in [6.07, 6.45) is 0.880. The van der Waals surface area contributed by atoms with Crippen molar-refractivity contribution < 1.29 is 9.53 Å². The van der Waals surface area contributed by atoms with Crippen LogP contribution in [0, 0.1) is 0 Å². The lowest BCUT2D eigenvalue weighted by Gasteiger charge is -2.26. The maximum absolute atomic E-state index is 12.2. The van der Waals surface area contributed by atoms with Crippen LogP contribution in [0.4, 0.5) is 0 Å². The van der Waals surface area contributed by atoms with Crippen LogP contribution in [0.25, 0.3) is 0 Å². The summed E-state index contributed by atoms with van der Waals surface area (Å²) in [5.74, 6) is 0.849. The molecular formula is C13H15Br2NO2. The zero-order valence-corrected chi connectivity index (χ0v) is 13.3. The van der Waals surface area contributed by atoms with Gasteiger partial charge in [0.1, 0.15) is 5.75 Å². The van der Waals surface area contributed by atoms with E-state index in [4.69, 9.17) is 4.74 Å². The Hall–Kier alpha value is -0.550. The molecular weight excluding hydrogens is 362 g/mol. The Morgan fingerprint density at radius 1 is 1.44 bits per heavy atom. The number of nitrogens with one attached hydrogen (secondary N) is 1. The first kappa shape index (κ1) is 13.9. The molecule has 0 unspecified atom stereocenters. The summed E-state index contributed by atoms with van der Waals surface area (Å²) < 4.78 is 5.43. The van der Waals surface area contributed by atoms with Crippen LogP contribution < -0.4 is 10.1 Å². The zero-order chi connectivity index (χ0) is 13.2. The van der Waals surface area contributed by atoms with Gasteiger partial charge in [-0.25, -0.2) is 0 Å². The molecule has 0 saturated heterocycles. The van der Waals surface area contributed by atoms with Crippen LogP contribution in [0.2, 0.25) is 0 Å². The predicted molar refractivity (Wildman–Crippen MR) is 79.1 cm³/mol. The Labute approximate surface area is 124 Å². The summed E-state index contributed by atoms with van der Waals surface area (Å²) in [6.45, 7) is 2.70. The SMILES string of the molecule is CC(CBr)(CBr)NC(=O)c1ccc2c(c1)CCO2. The molecule has 1 aliphatic rings. The number of carbonyl (C=O) groups is 1. The third-order valence-corrected chi connectivity index (χ3v) is 5.43. The molecule has 0 saturated carbocycles. The molecule has 1 heterocycles. The minimum Gasteiger partial charge on any atom is -0.493 e. The molecule has 0 atom stereocenters. The summed E-state index contributed by atoms with van der Waals surface area (Å²) in [7, 11) is 0. The van der Waals surface area contributed by atoms with Crippen molar-refractivity contribution in [2.45, 2.75) is 18.9 Å². The highest BCUT2D eigenvalue weighted by Gasteiger charge is 2.25. The Morgan fingerprint density at radius 3 is 2.83 bits per heavy atom. The fourth-order valence-electron chi connectivity index (χ4n) is 1.78. The molecule has 0 fully saturated rings. The average Bonchev–Trinajstić information content (AvgIpc) is 2.85. The Kier molecular flexibility index (Phi) is 4.33. The van der Waals surface area contributed by atoms with E-state index >= 15 is 0 Å². The number of hydrogen-bond acceptors (Lipinski definition) is 2. The monoisotopic (exact) mass is 375 g/mol. The van der Waals surface area contributed by atoms with Crippen molar-refractivity contribution in [3.8, 4) is 5.75 Å². The summed E-state index contributed by atoms with van der Waals surface area (Å²) >= 11 is 6.84.